The number of carbonyl (C=O) groups excluding carboxylic acids is 1. The van der Waals surface area contributed by atoms with Gasteiger partial charge in [-0.15, -0.1) is 0 Å². The van der Waals surface area contributed by atoms with Crippen molar-refractivity contribution >= 4 is 5.91 Å². The molecule has 0 saturated carbocycles. The monoisotopic (exact) mass is 226 g/mol. The van der Waals surface area contributed by atoms with E-state index in [9.17, 15) is 9.90 Å². The van der Waals surface area contributed by atoms with E-state index in [4.69, 9.17) is 4.52 Å². The molecule has 2 heterocycles. The zero-order valence-electron chi connectivity index (χ0n) is 9.17. The van der Waals surface area contributed by atoms with Crippen molar-refractivity contribution in [1.29, 1.82) is 0 Å². The van der Waals surface area contributed by atoms with Crippen molar-refractivity contribution in [3.8, 4) is 0 Å². The smallest absolute Gasteiger partial charge is 0.295 e. The van der Waals surface area contributed by atoms with E-state index in [-0.39, 0.29) is 17.8 Å². The quantitative estimate of drug-likeness (QED) is 0.657. The number of aliphatic hydroxyl groups excluding tert-OH is 1. The van der Waals surface area contributed by atoms with Gasteiger partial charge in [0.25, 0.3) is 11.7 Å². The maximum atomic E-state index is 11.9. The van der Waals surface area contributed by atoms with E-state index >= 15 is 0 Å². The second-order valence-electron chi connectivity index (χ2n) is 3.85. The van der Waals surface area contributed by atoms with Crippen LogP contribution in [-0.2, 0) is 0 Å². The molecule has 2 rings (SSSR count). The fourth-order valence-corrected chi connectivity index (χ4v) is 1.74. The first-order valence-corrected chi connectivity index (χ1v) is 5.06. The molecule has 1 aliphatic rings. The van der Waals surface area contributed by atoms with Gasteiger partial charge in [0.2, 0.25) is 5.89 Å². The number of hydrogen-bond donors (Lipinski definition) is 2. The Morgan fingerprint density at radius 2 is 2.38 bits per heavy atom. The molecule has 7 heteroatoms. The minimum absolute atomic E-state index is 0.0269. The highest BCUT2D eigenvalue weighted by Crippen LogP contribution is 2.10. The molecule has 16 heavy (non-hydrogen) atoms. The number of aliphatic hydroxyl groups is 1. The number of hydrogen-bond acceptors (Lipinski definition) is 6. The summed E-state index contributed by atoms with van der Waals surface area (Å²) in [6.45, 7) is 2.68. The van der Waals surface area contributed by atoms with E-state index in [0.29, 0.717) is 19.0 Å². The van der Waals surface area contributed by atoms with Crippen LogP contribution in [0.3, 0.4) is 0 Å². The molecule has 7 nitrogen and oxygen atoms in total. The average molecular weight is 226 g/mol. The minimum atomic E-state index is -0.554. The summed E-state index contributed by atoms with van der Waals surface area (Å²) in [4.78, 5) is 17.2. The van der Waals surface area contributed by atoms with Crippen molar-refractivity contribution in [3.05, 3.63) is 11.7 Å². The van der Waals surface area contributed by atoms with Gasteiger partial charge in [-0.1, -0.05) is 5.16 Å². The van der Waals surface area contributed by atoms with Crippen molar-refractivity contribution in [3.63, 3.8) is 0 Å². The summed E-state index contributed by atoms with van der Waals surface area (Å²) in [5.74, 6) is 0.0329. The standard InChI is InChI=1S/C9H14N4O3/c1-5-11-8(12-16-5)9(15)13(2)6-3-10-4-7(6)14/h6-7,10,14H,3-4H2,1-2H3/t6-,7-/m1/s1. The molecule has 0 spiro atoms. The molecule has 1 aliphatic heterocycles. The largest absolute Gasteiger partial charge is 0.390 e. The highest BCUT2D eigenvalue weighted by molar-refractivity contribution is 5.90. The highest BCUT2D eigenvalue weighted by atomic mass is 16.5. The Kier molecular flexibility index (Phi) is 2.88. The van der Waals surface area contributed by atoms with Gasteiger partial charge in [0.05, 0.1) is 12.1 Å². The lowest BCUT2D eigenvalue weighted by atomic mass is 10.2. The van der Waals surface area contributed by atoms with Crippen molar-refractivity contribution < 1.29 is 14.4 Å². The molecule has 1 amide bonds. The SMILES string of the molecule is Cc1nc(C(=O)N(C)[C@@H]2CNC[C@H]2O)no1. The maximum Gasteiger partial charge on any atom is 0.295 e. The lowest BCUT2D eigenvalue weighted by Gasteiger charge is -2.24. The number of rotatable bonds is 2. The van der Waals surface area contributed by atoms with Gasteiger partial charge in [-0.2, -0.15) is 4.98 Å². The number of β-amino-alcohol motifs (C(OH)–C–C–N with tert-alkyl or cyclic N) is 1. The van der Waals surface area contributed by atoms with Gasteiger partial charge in [-0.05, 0) is 0 Å². The molecule has 1 fully saturated rings. The van der Waals surface area contributed by atoms with Gasteiger partial charge in [-0.25, -0.2) is 0 Å². The van der Waals surface area contributed by atoms with Crippen LogP contribution in [0.5, 0.6) is 0 Å². The van der Waals surface area contributed by atoms with Crippen LogP contribution >= 0.6 is 0 Å². The van der Waals surface area contributed by atoms with E-state index in [1.54, 1.807) is 14.0 Å². The second-order valence-corrected chi connectivity index (χ2v) is 3.85. The van der Waals surface area contributed by atoms with Crippen molar-refractivity contribution in [2.24, 2.45) is 0 Å². The van der Waals surface area contributed by atoms with Crippen LogP contribution in [0, 0.1) is 6.92 Å². The van der Waals surface area contributed by atoms with E-state index in [1.165, 1.54) is 4.90 Å². The van der Waals surface area contributed by atoms with Gasteiger partial charge in [0.15, 0.2) is 0 Å². The molecule has 0 bridgehead atoms. The summed E-state index contributed by atoms with van der Waals surface area (Å²) in [5, 5.41) is 16.2. The van der Waals surface area contributed by atoms with E-state index < -0.39 is 6.10 Å². The minimum Gasteiger partial charge on any atom is -0.390 e. The topological polar surface area (TPSA) is 91.5 Å². The Balaban J connectivity index is 2.10. The number of nitrogens with one attached hydrogen (secondary N) is 1. The van der Waals surface area contributed by atoms with Crippen molar-refractivity contribution in [2.45, 2.75) is 19.1 Å². The van der Waals surface area contributed by atoms with E-state index in [2.05, 4.69) is 15.5 Å². The Morgan fingerprint density at radius 3 is 2.88 bits per heavy atom. The number of amides is 1. The zero-order valence-corrected chi connectivity index (χ0v) is 9.17. The summed E-state index contributed by atoms with van der Waals surface area (Å²) in [6.07, 6.45) is -0.554. The molecule has 2 N–H and O–H groups in total. The van der Waals surface area contributed by atoms with E-state index in [0.717, 1.165) is 0 Å². The first-order chi connectivity index (χ1) is 7.59. The van der Waals surface area contributed by atoms with Gasteiger partial charge < -0.3 is 19.8 Å². The number of aromatic nitrogens is 2. The normalized spacial score (nSPS) is 24.7. The summed E-state index contributed by atoms with van der Waals surface area (Å²) in [5.41, 5.74) is 0. The number of nitrogens with zero attached hydrogens (tertiary/aromatic N) is 3. The highest BCUT2D eigenvalue weighted by Gasteiger charge is 2.33. The fraction of sp³-hybridized carbons (Fsp3) is 0.667. The van der Waals surface area contributed by atoms with Crippen LogP contribution in [0.15, 0.2) is 4.52 Å². The van der Waals surface area contributed by atoms with Gasteiger partial charge >= 0.3 is 0 Å². The molecule has 1 aromatic rings. The zero-order chi connectivity index (χ0) is 11.7. The molecule has 88 valence electrons. The lowest BCUT2D eigenvalue weighted by Crippen LogP contribution is -2.44. The van der Waals surface area contributed by atoms with Crippen LogP contribution in [0.4, 0.5) is 0 Å². The number of likely N-dealkylation sites (N-methyl/N-ethyl adjacent to an activating group) is 1. The predicted octanol–water partition coefficient (Wildman–Crippen LogP) is -1.22. The Bertz CT molecular complexity index is 392. The molecule has 0 unspecified atom stereocenters. The van der Waals surface area contributed by atoms with Crippen LogP contribution in [0.2, 0.25) is 0 Å². The Hall–Kier alpha value is -1.47. The third-order valence-electron chi connectivity index (χ3n) is 2.69. The Labute approximate surface area is 92.4 Å². The first-order valence-electron chi connectivity index (χ1n) is 5.06. The molecule has 0 aliphatic carbocycles. The second kappa shape index (κ2) is 4.18. The molecule has 0 aromatic carbocycles. The van der Waals surface area contributed by atoms with Crippen LogP contribution in [0.1, 0.15) is 16.5 Å². The van der Waals surface area contributed by atoms with Gasteiger partial charge in [0.1, 0.15) is 0 Å². The summed E-state index contributed by atoms with van der Waals surface area (Å²) >= 11 is 0. The summed E-state index contributed by atoms with van der Waals surface area (Å²) in [7, 11) is 1.62. The fourth-order valence-electron chi connectivity index (χ4n) is 1.74. The molecule has 2 atom stereocenters. The van der Waals surface area contributed by atoms with Crippen LogP contribution < -0.4 is 5.32 Å². The summed E-state index contributed by atoms with van der Waals surface area (Å²) < 4.78 is 4.74. The van der Waals surface area contributed by atoms with Gasteiger partial charge in [-0.3, -0.25) is 4.79 Å². The van der Waals surface area contributed by atoms with Gasteiger partial charge in [0, 0.05) is 27.1 Å². The molecule has 1 aromatic heterocycles. The third-order valence-corrected chi connectivity index (χ3v) is 2.69. The average Bonchev–Trinajstić information content (AvgIpc) is 2.85. The predicted molar refractivity (Wildman–Crippen MR) is 53.8 cm³/mol. The maximum absolute atomic E-state index is 11.9. The molecule has 1 saturated heterocycles. The number of carbonyl (C=O) groups is 1. The van der Waals surface area contributed by atoms with Crippen molar-refractivity contribution in [2.75, 3.05) is 20.1 Å². The Morgan fingerprint density at radius 1 is 1.62 bits per heavy atom. The molecular formula is C9H14N4O3. The van der Waals surface area contributed by atoms with E-state index in [1.807, 2.05) is 0 Å². The third kappa shape index (κ3) is 1.91. The summed E-state index contributed by atoms with van der Waals surface area (Å²) in [6, 6.07) is -0.244. The molecule has 0 radical (unpaired) electrons. The lowest BCUT2D eigenvalue weighted by molar-refractivity contribution is 0.0567. The number of aryl methyl sites for hydroxylation is 1. The molecular weight excluding hydrogens is 212 g/mol. The van der Waals surface area contributed by atoms with Crippen molar-refractivity contribution in [1.82, 2.24) is 20.4 Å². The van der Waals surface area contributed by atoms with Crippen LogP contribution in [-0.4, -0.2) is 58.3 Å². The van der Waals surface area contributed by atoms with Crippen LogP contribution in [0.25, 0.3) is 0 Å². The first kappa shape index (κ1) is 11.0.